The van der Waals surface area contributed by atoms with Crippen molar-refractivity contribution in [2.45, 2.75) is 228 Å². The SMILES string of the molecule is COC(=O)N[C@H](C(=O)N1C(c2nc3ccc(C4C5CCCCCC5[C@@H]5CC[C@H]6CC[C@@H](CC[C@H]4CC5)CC6c4ccc5nc([C@@H]6C[C@@H]7CCCC[C@@H]7N6C(=O)[C@@H](NC(=O)OC)[C@@H](C)O)[nH]c5c4)cc3[nH]2)C[C@@H]2CCCC[C@@H]21)[C@@H](C)O. The number of ether oxygens (including phenoxy) is 2. The molecule has 7 aliphatic carbocycles. The second-order valence-electron chi connectivity index (χ2n) is 26.5. The van der Waals surface area contributed by atoms with Gasteiger partial charge in [0.1, 0.15) is 23.7 Å². The standard InChI is InChI=1S/C64H90N8O8/c1-35(73)57(69-63(77)79-3)61(75)71-52-16-10-8-12-42(52)33-54(71)59-65-48-28-26-41(31-50(48)67-59)47-30-37-18-20-39(47)23-22-38-24-25-40(21-19-37)56(46-15-7-5-6-14-45(38)46)44-27-29-49-51(32-44)68-60(66-49)55-34-43-13-9-11-17-53(43)72(55)62(76)58(36(2)74)70-64(78)80-4/h26-29,31-32,35-40,42-43,45-47,52-58,73-74H,5-25,30,33-34H2,1-4H3,(H,65,67)(H,66,68)(H,69,77)(H,70,78)/t35-,36-,37+,38-,39-,40+,42+,43+,45?,46?,47?,52+,53+,54+,55?,56?,57+,58+/m1/s1. The van der Waals surface area contributed by atoms with Crippen LogP contribution < -0.4 is 10.6 Å². The summed E-state index contributed by atoms with van der Waals surface area (Å²) in [5, 5.41) is 26.9. The molecular weight excluding hydrogens is 1010 g/mol. The van der Waals surface area contributed by atoms with E-state index in [0.717, 1.165) is 97.9 Å². The molecule has 9 aliphatic rings. The fourth-order valence-corrected chi connectivity index (χ4v) is 18.3. The van der Waals surface area contributed by atoms with Gasteiger partial charge < -0.3 is 50.1 Å². The van der Waals surface area contributed by atoms with E-state index in [0.29, 0.717) is 59.2 Å². The minimum absolute atomic E-state index is 0.0296. The summed E-state index contributed by atoms with van der Waals surface area (Å²) in [6.45, 7) is 3.10. The summed E-state index contributed by atoms with van der Waals surface area (Å²) in [5.74, 6) is 6.61. The van der Waals surface area contributed by atoms with Crippen molar-refractivity contribution in [2.24, 2.45) is 47.3 Å². The van der Waals surface area contributed by atoms with Gasteiger partial charge in [0, 0.05) is 12.1 Å². The van der Waals surface area contributed by atoms with E-state index in [2.05, 4.69) is 57.0 Å². The van der Waals surface area contributed by atoms with E-state index >= 15 is 0 Å². The van der Waals surface area contributed by atoms with Crippen molar-refractivity contribution >= 4 is 46.1 Å². The Balaban J connectivity index is 0.812. The summed E-state index contributed by atoms with van der Waals surface area (Å²) >= 11 is 0. The smallest absolute Gasteiger partial charge is 0.407 e. The lowest BCUT2D eigenvalue weighted by Crippen LogP contribution is -2.55. The first-order valence-corrected chi connectivity index (χ1v) is 31.5. The Labute approximate surface area is 472 Å². The van der Waals surface area contributed by atoms with Crippen LogP contribution in [0, 0.1) is 47.3 Å². The number of hydrogen-bond donors (Lipinski definition) is 6. The number of carbonyl (C=O) groups excluding carboxylic acids is 4. The monoisotopic (exact) mass is 1100 g/mol. The lowest BCUT2D eigenvalue weighted by atomic mass is 9.66. The number of imidazole rings is 2. The number of likely N-dealkylation sites (tertiary alicyclic amines) is 2. The van der Waals surface area contributed by atoms with Gasteiger partial charge in [-0.1, -0.05) is 69.9 Å². The zero-order valence-electron chi connectivity index (χ0n) is 48.0. The first-order chi connectivity index (χ1) is 38.8. The van der Waals surface area contributed by atoms with E-state index < -0.39 is 36.5 Å². The largest absolute Gasteiger partial charge is 0.453 e. The molecule has 2 saturated heterocycles. The maximum Gasteiger partial charge on any atom is 0.407 e. The predicted molar refractivity (Wildman–Crippen MR) is 305 cm³/mol. The third-order valence-electron chi connectivity index (χ3n) is 22.2. The highest BCUT2D eigenvalue weighted by atomic mass is 16.5. The third kappa shape index (κ3) is 10.7. The van der Waals surface area contributed by atoms with Gasteiger partial charge in [0.15, 0.2) is 0 Å². The Morgan fingerprint density at radius 1 is 0.537 bits per heavy atom. The van der Waals surface area contributed by atoms with Crippen molar-refractivity contribution in [1.82, 2.24) is 40.4 Å². The van der Waals surface area contributed by atoms with Gasteiger partial charge in [0.05, 0.1) is 60.6 Å². The molecule has 9 fully saturated rings. The number of amides is 4. The molecule has 5 unspecified atom stereocenters. The van der Waals surface area contributed by atoms with Crippen molar-refractivity contribution in [3.8, 4) is 0 Å². The minimum Gasteiger partial charge on any atom is -0.453 e. The second kappa shape index (κ2) is 23.6. The lowest BCUT2D eigenvalue weighted by Gasteiger charge is -2.39. The van der Waals surface area contributed by atoms with Crippen LogP contribution in [0.1, 0.15) is 215 Å². The molecule has 80 heavy (non-hydrogen) atoms. The van der Waals surface area contributed by atoms with Crippen LogP contribution in [0.4, 0.5) is 9.59 Å². The Morgan fingerprint density at radius 3 is 1.55 bits per heavy atom. The van der Waals surface area contributed by atoms with Crippen molar-refractivity contribution in [3.63, 3.8) is 0 Å². The minimum atomic E-state index is -1.12. The van der Waals surface area contributed by atoms with E-state index in [1.54, 1.807) is 13.8 Å². The van der Waals surface area contributed by atoms with Gasteiger partial charge in [-0.05, 0) is 205 Å². The molecule has 16 nitrogen and oxygen atoms in total. The number of hydrogen-bond acceptors (Lipinski definition) is 10. The third-order valence-corrected chi connectivity index (χ3v) is 22.2. The molecule has 16 heteroatoms. The molecule has 2 aromatic carbocycles. The molecule has 13 rings (SSSR count). The summed E-state index contributed by atoms with van der Waals surface area (Å²) in [5.41, 5.74) is 6.76. The van der Waals surface area contributed by atoms with Crippen LogP contribution in [0.25, 0.3) is 22.1 Å². The van der Waals surface area contributed by atoms with E-state index in [4.69, 9.17) is 19.4 Å². The Morgan fingerprint density at radius 2 is 1.00 bits per heavy atom. The number of aromatic nitrogens is 4. The quantitative estimate of drug-likeness (QED) is 0.0883. The van der Waals surface area contributed by atoms with Crippen LogP contribution in [-0.2, 0) is 19.1 Å². The number of nitrogens with zero attached hydrogens (tertiary/aromatic N) is 4. The van der Waals surface area contributed by atoms with Crippen molar-refractivity contribution in [2.75, 3.05) is 14.2 Å². The van der Waals surface area contributed by atoms with Crippen LogP contribution in [-0.4, -0.2) is 115 Å². The number of alkyl carbamates (subject to hydrolysis) is 2. The Hall–Kier alpha value is -5.22. The van der Waals surface area contributed by atoms with Gasteiger partial charge in [-0.25, -0.2) is 19.6 Å². The van der Waals surface area contributed by atoms with Crippen LogP contribution in [0.15, 0.2) is 36.4 Å². The maximum absolute atomic E-state index is 14.5. The summed E-state index contributed by atoms with van der Waals surface area (Å²) in [4.78, 5) is 75.8. The molecule has 2 aliphatic heterocycles. The predicted octanol–water partition coefficient (Wildman–Crippen LogP) is 11.4. The number of aliphatic hydroxyl groups excluding tert-OH is 2. The van der Waals surface area contributed by atoms with Crippen LogP contribution in [0.5, 0.6) is 0 Å². The van der Waals surface area contributed by atoms with E-state index in [-0.39, 0.29) is 36.0 Å². The first-order valence-electron chi connectivity index (χ1n) is 31.5. The second-order valence-corrected chi connectivity index (χ2v) is 26.5. The summed E-state index contributed by atoms with van der Waals surface area (Å²) < 4.78 is 9.75. The van der Waals surface area contributed by atoms with Crippen LogP contribution in [0.3, 0.4) is 0 Å². The van der Waals surface area contributed by atoms with Gasteiger partial charge in [0.25, 0.3) is 0 Å². The van der Waals surface area contributed by atoms with Crippen molar-refractivity contribution < 1.29 is 38.9 Å². The fraction of sp³-hybridized carbons (Fsp3) is 0.719. The van der Waals surface area contributed by atoms with Crippen LogP contribution in [0.2, 0.25) is 0 Å². The molecule has 7 saturated carbocycles. The van der Waals surface area contributed by atoms with Gasteiger partial charge in [-0.3, -0.25) is 9.59 Å². The zero-order chi connectivity index (χ0) is 55.3. The molecule has 4 heterocycles. The van der Waals surface area contributed by atoms with Gasteiger partial charge in [0.2, 0.25) is 11.8 Å². The molecule has 0 spiro atoms. The van der Waals surface area contributed by atoms with Gasteiger partial charge in [-0.15, -0.1) is 0 Å². The number of H-pyrrole nitrogens is 2. The Kier molecular flexibility index (Phi) is 16.3. The zero-order valence-corrected chi connectivity index (χ0v) is 48.0. The topological polar surface area (TPSA) is 215 Å². The van der Waals surface area contributed by atoms with Crippen molar-refractivity contribution in [1.29, 1.82) is 0 Å². The average molecular weight is 1100 g/mol. The number of aliphatic hydroxyl groups is 2. The van der Waals surface area contributed by atoms with Crippen LogP contribution >= 0.6 is 0 Å². The average Bonchev–Trinajstić information content (AvgIpc) is 4.29. The van der Waals surface area contributed by atoms with E-state index in [1.165, 1.54) is 115 Å². The summed E-state index contributed by atoms with van der Waals surface area (Å²) in [6, 6.07) is 11.3. The molecular formula is C64H90N8O8. The Bertz CT molecular complexity index is 2870. The van der Waals surface area contributed by atoms with Gasteiger partial charge >= 0.3 is 12.2 Å². The molecule has 4 amide bonds. The molecule has 434 valence electrons. The normalized spacial score (nSPS) is 34.1. The first kappa shape index (κ1) is 55.3. The molecule has 18 atom stereocenters. The number of aromatic amines is 2. The number of benzene rings is 2. The summed E-state index contributed by atoms with van der Waals surface area (Å²) in [7, 11) is 2.55. The number of fused-ring (bicyclic) bond motifs is 9. The highest BCUT2D eigenvalue weighted by Crippen LogP contribution is 2.56. The molecule has 4 aromatic rings. The van der Waals surface area contributed by atoms with E-state index in [1.807, 2.05) is 9.80 Å². The highest BCUT2D eigenvalue weighted by Gasteiger charge is 2.51. The highest BCUT2D eigenvalue weighted by molar-refractivity contribution is 5.88. The van der Waals surface area contributed by atoms with Crippen molar-refractivity contribution in [3.05, 3.63) is 59.2 Å². The number of nitrogens with one attached hydrogen (secondary N) is 4. The molecule has 2 aromatic heterocycles. The molecule has 6 N–H and O–H groups in total. The maximum atomic E-state index is 14.5. The van der Waals surface area contributed by atoms with Gasteiger partial charge in [-0.2, -0.15) is 0 Å². The number of carbonyl (C=O) groups is 4. The molecule has 0 radical (unpaired) electrons. The molecule has 4 bridgehead atoms. The summed E-state index contributed by atoms with van der Waals surface area (Å²) in [6.07, 6.45) is 24.2. The number of methoxy groups -OCH3 is 2. The fourth-order valence-electron chi connectivity index (χ4n) is 18.3. The van der Waals surface area contributed by atoms with E-state index in [9.17, 15) is 29.4 Å². The number of rotatable bonds is 10. The lowest BCUT2D eigenvalue weighted by molar-refractivity contribution is -0.140.